The molecule has 0 aromatic carbocycles. The fraction of sp³-hybridized carbons (Fsp3) is 1.00. The van der Waals surface area contributed by atoms with Crippen molar-refractivity contribution < 1.29 is 0 Å². The molecule has 0 spiro atoms. The molecule has 1 saturated heterocycles. The SMILES string of the molecule is CC(C)C(C)CCCN1CCNCC1. The van der Waals surface area contributed by atoms with Crippen LogP contribution in [0.2, 0.25) is 0 Å². The highest BCUT2D eigenvalue weighted by Gasteiger charge is 2.10. The summed E-state index contributed by atoms with van der Waals surface area (Å²) in [4.78, 5) is 2.59. The maximum Gasteiger partial charge on any atom is 0.0107 e. The van der Waals surface area contributed by atoms with Crippen molar-refractivity contribution in [2.75, 3.05) is 32.7 Å². The third kappa shape index (κ3) is 4.43. The second-order valence-electron chi connectivity index (χ2n) is 4.96. The molecule has 0 aromatic heterocycles. The third-order valence-electron chi connectivity index (χ3n) is 3.48. The zero-order valence-electron chi connectivity index (χ0n) is 10.1. The monoisotopic (exact) mass is 198 g/mol. The summed E-state index contributed by atoms with van der Waals surface area (Å²) in [5.74, 6) is 1.73. The lowest BCUT2D eigenvalue weighted by Crippen LogP contribution is -2.43. The van der Waals surface area contributed by atoms with Crippen molar-refractivity contribution in [3.05, 3.63) is 0 Å². The van der Waals surface area contributed by atoms with E-state index in [1.165, 1.54) is 45.6 Å². The van der Waals surface area contributed by atoms with Crippen molar-refractivity contribution in [3.63, 3.8) is 0 Å². The Hall–Kier alpha value is -0.0800. The molecule has 0 amide bonds. The molecule has 1 aliphatic heterocycles. The van der Waals surface area contributed by atoms with Crippen LogP contribution in [-0.4, -0.2) is 37.6 Å². The van der Waals surface area contributed by atoms with Gasteiger partial charge in [0.1, 0.15) is 0 Å². The van der Waals surface area contributed by atoms with Crippen LogP contribution in [0.5, 0.6) is 0 Å². The zero-order valence-corrected chi connectivity index (χ0v) is 10.1. The predicted octanol–water partition coefficient (Wildman–Crippen LogP) is 1.96. The molecule has 14 heavy (non-hydrogen) atoms. The van der Waals surface area contributed by atoms with E-state index in [1.54, 1.807) is 0 Å². The van der Waals surface area contributed by atoms with Gasteiger partial charge in [-0.3, -0.25) is 0 Å². The van der Waals surface area contributed by atoms with Crippen LogP contribution in [0.1, 0.15) is 33.6 Å². The molecular formula is C12H26N2. The molecule has 0 radical (unpaired) electrons. The molecule has 1 aliphatic rings. The number of nitrogens with one attached hydrogen (secondary N) is 1. The fourth-order valence-electron chi connectivity index (χ4n) is 1.90. The zero-order chi connectivity index (χ0) is 10.4. The van der Waals surface area contributed by atoms with Crippen LogP contribution in [0.25, 0.3) is 0 Å². The molecule has 1 atom stereocenters. The molecule has 0 saturated carbocycles. The first-order valence-electron chi connectivity index (χ1n) is 6.13. The first-order valence-corrected chi connectivity index (χ1v) is 6.13. The highest BCUT2D eigenvalue weighted by atomic mass is 15.2. The van der Waals surface area contributed by atoms with E-state index in [0.717, 1.165) is 11.8 Å². The Morgan fingerprint density at radius 2 is 1.79 bits per heavy atom. The molecule has 1 fully saturated rings. The van der Waals surface area contributed by atoms with E-state index >= 15 is 0 Å². The number of hydrogen-bond acceptors (Lipinski definition) is 2. The first kappa shape index (κ1) is 12.0. The van der Waals surface area contributed by atoms with Gasteiger partial charge in [-0.25, -0.2) is 0 Å². The molecule has 0 bridgehead atoms. The number of nitrogens with zero attached hydrogens (tertiary/aromatic N) is 1. The van der Waals surface area contributed by atoms with Gasteiger partial charge in [0, 0.05) is 26.2 Å². The summed E-state index contributed by atoms with van der Waals surface area (Å²) in [5.41, 5.74) is 0. The van der Waals surface area contributed by atoms with Crippen molar-refractivity contribution >= 4 is 0 Å². The molecule has 2 nitrogen and oxygen atoms in total. The van der Waals surface area contributed by atoms with Crippen molar-refractivity contribution in [2.24, 2.45) is 11.8 Å². The smallest absolute Gasteiger partial charge is 0.0107 e. The van der Waals surface area contributed by atoms with Crippen molar-refractivity contribution in [2.45, 2.75) is 33.6 Å². The second-order valence-corrected chi connectivity index (χ2v) is 4.96. The summed E-state index contributed by atoms with van der Waals surface area (Å²) < 4.78 is 0. The third-order valence-corrected chi connectivity index (χ3v) is 3.48. The summed E-state index contributed by atoms with van der Waals surface area (Å²) in [5, 5.41) is 3.39. The molecule has 1 rings (SSSR count). The fourth-order valence-corrected chi connectivity index (χ4v) is 1.90. The van der Waals surface area contributed by atoms with Crippen LogP contribution < -0.4 is 5.32 Å². The maximum absolute atomic E-state index is 3.39. The lowest BCUT2D eigenvalue weighted by molar-refractivity contribution is 0.227. The van der Waals surface area contributed by atoms with Crippen LogP contribution in [0.3, 0.4) is 0 Å². The molecule has 84 valence electrons. The highest BCUT2D eigenvalue weighted by Crippen LogP contribution is 2.16. The van der Waals surface area contributed by atoms with Crippen LogP contribution in [0.15, 0.2) is 0 Å². The van der Waals surface area contributed by atoms with Crippen LogP contribution >= 0.6 is 0 Å². The second kappa shape index (κ2) is 6.41. The van der Waals surface area contributed by atoms with Gasteiger partial charge in [-0.15, -0.1) is 0 Å². The summed E-state index contributed by atoms with van der Waals surface area (Å²) in [6.07, 6.45) is 2.76. The number of rotatable bonds is 5. The Kier molecular flexibility index (Phi) is 5.49. The lowest BCUT2D eigenvalue weighted by Gasteiger charge is -2.27. The standard InChI is InChI=1S/C12H26N2/c1-11(2)12(3)5-4-8-14-9-6-13-7-10-14/h11-13H,4-10H2,1-3H3. The normalized spacial score (nSPS) is 21.4. The molecule has 1 N–H and O–H groups in total. The minimum Gasteiger partial charge on any atom is -0.314 e. The molecule has 2 heteroatoms. The van der Waals surface area contributed by atoms with E-state index in [-0.39, 0.29) is 0 Å². The summed E-state index contributed by atoms with van der Waals surface area (Å²) in [6, 6.07) is 0. The van der Waals surface area contributed by atoms with E-state index in [9.17, 15) is 0 Å². The number of piperazine rings is 1. The summed E-state index contributed by atoms with van der Waals surface area (Å²) in [6.45, 7) is 13.2. The average Bonchev–Trinajstić information content (AvgIpc) is 2.19. The predicted molar refractivity (Wildman–Crippen MR) is 62.5 cm³/mol. The molecule has 0 aliphatic carbocycles. The van der Waals surface area contributed by atoms with Gasteiger partial charge >= 0.3 is 0 Å². The van der Waals surface area contributed by atoms with Crippen LogP contribution in [0, 0.1) is 11.8 Å². The van der Waals surface area contributed by atoms with Crippen molar-refractivity contribution in [1.82, 2.24) is 10.2 Å². The lowest BCUT2D eigenvalue weighted by atomic mass is 9.93. The van der Waals surface area contributed by atoms with E-state index < -0.39 is 0 Å². The van der Waals surface area contributed by atoms with E-state index in [4.69, 9.17) is 0 Å². The van der Waals surface area contributed by atoms with Crippen molar-refractivity contribution in [1.29, 1.82) is 0 Å². The summed E-state index contributed by atoms with van der Waals surface area (Å²) in [7, 11) is 0. The minimum atomic E-state index is 0.845. The Morgan fingerprint density at radius 3 is 2.36 bits per heavy atom. The molecule has 1 unspecified atom stereocenters. The topological polar surface area (TPSA) is 15.3 Å². The molecular weight excluding hydrogens is 172 g/mol. The van der Waals surface area contributed by atoms with Gasteiger partial charge in [0.05, 0.1) is 0 Å². The van der Waals surface area contributed by atoms with Crippen LogP contribution in [0.4, 0.5) is 0 Å². The van der Waals surface area contributed by atoms with E-state index in [0.29, 0.717) is 0 Å². The molecule has 0 aromatic rings. The summed E-state index contributed by atoms with van der Waals surface area (Å²) >= 11 is 0. The number of hydrogen-bond donors (Lipinski definition) is 1. The van der Waals surface area contributed by atoms with Gasteiger partial charge in [0.25, 0.3) is 0 Å². The first-order chi connectivity index (χ1) is 6.70. The quantitative estimate of drug-likeness (QED) is 0.726. The minimum absolute atomic E-state index is 0.845. The maximum atomic E-state index is 3.39. The average molecular weight is 198 g/mol. The van der Waals surface area contributed by atoms with Gasteiger partial charge in [-0.05, 0) is 31.2 Å². The van der Waals surface area contributed by atoms with E-state index in [2.05, 4.69) is 31.0 Å². The van der Waals surface area contributed by atoms with Crippen molar-refractivity contribution in [3.8, 4) is 0 Å². The molecule has 1 heterocycles. The van der Waals surface area contributed by atoms with Gasteiger partial charge in [0.15, 0.2) is 0 Å². The highest BCUT2D eigenvalue weighted by molar-refractivity contribution is 4.68. The van der Waals surface area contributed by atoms with Gasteiger partial charge in [-0.2, -0.15) is 0 Å². The Balaban J connectivity index is 2.02. The van der Waals surface area contributed by atoms with E-state index in [1.807, 2.05) is 0 Å². The Labute approximate surface area is 89.1 Å². The Morgan fingerprint density at radius 1 is 1.14 bits per heavy atom. The largest absolute Gasteiger partial charge is 0.314 e. The van der Waals surface area contributed by atoms with Crippen LogP contribution in [-0.2, 0) is 0 Å². The van der Waals surface area contributed by atoms with Gasteiger partial charge in [0.2, 0.25) is 0 Å². The Bertz CT molecular complexity index is 139. The van der Waals surface area contributed by atoms with Gasteiger partial charge < -0.3 is 10.2 Å². The van der Waals surface area contributed by atoms with Gasteiger partial charge in [-0.1, -0.05) is 20.8 Å².